The zero-order valence-corrected chi connectivity index (χ0v) is 38.7. The number of nitrogens with one attached hydrogen (secondary N) is 8. The van der Waals surface area contributed by atoms with Gasteiger partial charge in [0.25, 0.3) is 0 Å². The Hall–Kier alpha value is -4.76. The normalized spacial score (nSPS) is 16.4. The van der Waals surface area contributed by atoms with E-state index in [1.165, 1.54) is 6.92 Å². The number of carbonyl (C=O) groups excluding carboxylic acids is 8. The second-order valence-electron chi connectivity index (χ2n) is 16.0. The fourth-order valence-corrected chi connectivity index (χ4v) is 6.09. The van der Waals surface area contributed by atoms with Crippen molar-refractivity contribution in [1.29, 1.82) is 0 Å². The zero-order chi connectivity index (χ0) is 49.6. The van der Waals surface area contributed by atoms with Crippen molar-refractivity contribution in [2.75, 3.05) is 24.7 Å². The Morgan fingerprint density at radius 2 is 0.859 bits per heavy atom. The molecule has 0 bridgehead atoms. The van der Waals surface area contributed by atoms with Crippen LogP contribution in [0.2, 0.25) is 0 Å². The first-order valence-corrected chi connectivity index (χ1v) is 21.8. The highest BCUT2D eigenvalue weighted by Gasteiger charge is 2.37. The summed E-state index contributed by atoms with van der Waals surface area (Å²) in [6.45, 7) is 9.09. The first kappa shape index (κ1) is 59.2. The molecule has 0 aromatic heterocycles. The van der Waals surface area contributed by atoms with Crippen LogP contribution in [0.4, 0.5) is 0 Å². The Labute approximate surface area is 382 Å². The second kappa shape index (κ2) is 29.6. The number of rotatable bonds is 30. The number of aliphatic carboxylic acids is 2. The number of thiol groups is 2. The molecule has 366 valence electrons. The standard InChI is InChI=1S/C38H67N9O15S2/c1-8-18(6)28(36(59)47-29(19(7)50)37(60)42-22(10-17(4)5)32(55)45-26(15-64)38(61)62)46-33(56)23(11-27(51)52)41-34(57)24(12-48)44-35(58)25(13-49)43-31(54)21(9-16(2)3)40-30(53)20(39)14-63/h16-26,28-29,48-50,63-64H,8-15,39H2,1-7H3,(H,40,53)(H,41,57)(H,42,60)(H,43,54)(H,44,58)(H,45,55)(H,46,56)(H,47,59)(H,51,52)(H,61,62)/t18-,19+,20-,21-,22-,23-,24-,25-,26-,28-,29-/m0/s1. The van der Waals surface area contributed by atoms with E-state index in [0.717, 1.165) is 6.92 Å². The van der Waals surface area contributed by atoms with E-state index in [9.17, 15) is 73.5 Å². The van der Waals surface area contributed by atoms with Gasteiger partial charge in [-0.3, -0.25) is 43.2 Å². The highest BCUT2D eigenvalue weighted by molar-refractivity contribution is 7.80. The van der Waals surface area contributed by atoms with Gasteiger partial charge in [-0.2, -0.15) is 25.3 Å². The lowest BCUT2D eigenvalue weighted by atomic mass is 9.96. The molecule has 0 rings (SSSR count). The molecule has 0 spiro atoms. The van der Waals surface area contributed by atoms with Crippen LogP contribution >= 0.6 is 25.3 Å². The Kier molecular flexibility index (Phi) is 27.4. The van der Waals surface area contributed by atoms with E-state index < -0.39 is 145 Å². The molecule has 15 N–H and O–H groups in total. The molecular formula is C38H67N9O15S2. The van der Waals surface area contributed by atoms with Crippen molar-refractivity contribution in [3.8, 4) is 0 Å². The molecule has 0 radical (unpaired) electrons. The molecule has 8 amide bonds. The third-order valence-corrected chi connectivity index (χ3v) is 10.3. The van der Waals surface area contributed by atoms with Crippen LogP contribution in [0.25, 0.3) is 0 Å². The summed E-state index contributed by atoms with van der Waals surface area (Å²) in [5.74, 6) is -12.7. The number of hydrogen-bond acceptors (Lipinski definition) is 16. The maximum absolute atomic E-state index is 13.7. The molecule has 0 aromatic rings. The Morgan fingerprint density at radius 3 is 1.22 bits per heavy atom. The van der Waals surface area contributed by atoms with E-state index in [2.05, 4.69) is 67.8 Å². The minimum absolute atomic E-state index is 0.0194. The molecule has 0 aliphatic carbocycles. The zero-order valence-electron chi connectivity index (χ0n) is 37.0. The van der Waals surface area contributed by atoms with E-state index in [4.69, 9.17) is 5.73 Å². The molecule has 26 heteroatoms. The van der Waals surface area contributed by atoms with Crippen molar-refractivity contribution in [2.45, 2.75) is 135 Å². The van der Waals surface area contributed by atoms with Gasteiger partial charge in [-0.15, -0.1) is 0 Å². The summed E-state index contributed by atoms with van der Waals surface area (Å²) in [6, 6.07) is -13.8. The molecule has 24 nitrogen and oxygen atoms in total. The molecule has 0 fully saturated rings. The van der Waals surface area contributed by atoms with Crippen LogP contribution in [0, 0.1) is 17.8 Å². The Morgan fingerprint density at radius 1 is 0.500 bits per heavy atom. The molecule has 0 aliphatic heterocycles. The summed E-state index contributed by atoms with van der Waals surface area (Å²) < 4.78 is 0. The van der Waals surface area contributed by atoms with Crippen molar-refractivity contribution in [3.63, 3.8) is 0 Å². The summed E-state index contributed by atoms with van der Waals surface area (Å²) >= 11 is 7.87. The molecule has 0 unspecified atom stereocenters. The predicted octanol–water partition coefficient (Wildman–Crippen LogP) is -4.89. The number of carbonyl (C=O) groups is 10. The van der Waals surface area contributed by atoms with Gasteiger partial charge in [-0.1, -0.05) is 48.0 Å². The summed E-state index contributed by atoms with van der Waals surface area (Å²) in [4.78, 5) is 129. The van der Waals surface area contributed by atoms with Gasteiger partial charge in [0, 0.05) is 11.5 Å². The Bertz CT molecular complexity index is 1620. The van der Waals surface area contributed by atoms with Gasteiger partial charge >= 0.3 is 11.9 Å². The molecule has 0 aromatic carbocycles. The molecule has 0 saturated carbocycles. The predicted molar refractivity (Wildman–Crippen MR) is 235 cm³/mol. The van der Waals surface area contributed by atoms with Gasteiger partial charge in [0.1, 0.15) is 48.3 Å². The average Bonchev–Trinajstić information content (AvgIpc) is 3.21. The van der Waals surface area contributed by atoms with Crippen molar-refractivity contribution in [1.82, 2.24) is 42.5 Å². The lowest BCUT2D eigenvalue weighted by Crippen LogP contribution is -2.63. The van der Waals surface area contributed by atoms with Gasteiger partial charge in [0.15, 0.2) is 0 Å². The summed E-state index contributed by atoms with van der Waals surface area (Å²) in [7, 11) is 0. The summed E-state index contributed by atoms with van der Waals surface area (Å²) in [6.07, 6.45) is -2.36. The molecule has 0 heterocycles. The number of hydrogen-bond donors (Lipinski definition) is 16. The quantitative estimate of drug-likeness (QED) is 0.0300. The summed E-state index contributed by atoms with van der Waals surface area (Å²) in [5, 5.41) is 67.6. The third-order valence-electron chi connectivity index (χ3n) is 9.51. The molecule has 0 aliphatic rings. The number of amides is 8. The number of aliphatic hydroxyl groups excluding tert-OH is 3. The van der Waals surface area contributed by atoms with Crippen LogP contribution in [0.5, 0.6) is 0 Å². The van der Waals surface area contributed by atoms with Crippen molar-refractivity contribution in [3.05, 3.63) is 0 Å². The van der Waals surface area contributed by atoms with Crippen LogP contribution in [0.3, 0.4) is 0 Å². The van der Waals surface area contributed by atoms with Gasteiger partial charge < -0.3 is 73.8 Å². The van der Waals surface area contributed by atoms with E-state index in [0.29, 0.717) is 0 Å². The number of carboxylic acids is 2. The number of aliphatic hydroxyl groups is 3. The SMILES string of the molecule is CC[C@H](C)[C@H](NC(=O)[C@H](CC(=O)O)NC(=O)[C@H](CO)NC(=O)[C@H](CO)NC(=O)[C@H](CC(C)C)NC(=O)[C@@H](N)CS)C(=O)N[C@H](C(=O)N[C@@H](CC(C)C)C(=O)N[C@@H](CS)C(=O)O)[C@@H](C)O. The lowest BCUT2D eigenvalue weighted by molar-refractivity contribution is -0.142. The largest absolute Gasteiger partial charge is 0.481 e. The molecule has 64 heavy (non-hydrogen) atoms. The number of carboxylic acid groups (broad SMARTS) is 2. The molecular weight excluding hydrogens is 887 g/mol. The third kappa shape index (κ3) is 20.8. The van der Waals surface area contributed by atoms with Crippen molar-refractivity contribution >= 4 is 84.5 Å². The van der Waals surface area contributed by atoms with Gasteiger partial charge in [0.05, 0.1) is 31.8 Å². The van der Waals surface area contributed by atoms with Gasteiger partial charge in [-0.25, -0.2) is 4.79 Å². The van der Waals surface area contributed by atoms with Crippen molar-refractivity contribution in [2.24, 2.45) is 23.5 Å². The minimum Gasteiger partial charge on any atom is -0.481 e. The first-order chi connectivity index (χ1) is 29.8. The Balaban J connectivity index is 6.26. The highest BCUT2D eigenvalue weighted by atomic mass is 32.1. The molecule has 0 saturated heterocycles. The van der Waals surface area contributed by atoms with Gasteiger partial charge in [-0.05, 0) is 37.5 Å². The van der Waals surface area contributed by atoms with E-state index in [-0.39, 0.29) is 42.6 Å². The van der Waals surface area contributed by atoms with Crippen LogP contribution < -0.4 is 48.3 Å². The minimum atomic E-state index is -1.95. The fraction of sp³-hybridized carbons (Fsp3) is 0.737. The van der Waals surface area contributed by atoms with Crippen LogP contribution in [-0.4, -0.2) is 170 Å². The maximum Gasteiger partial charge on any atom is 0.327 e. The average molecular weight is 954 g/mol. The van der Waals surface area contributed by atoms with E-state index in [1.54, 1.807) is 34.6 Å². The topological polar surface area (TPSA) is 394 Å². The smallest absolute Gasteiger partial charge is 0.327 e. The second-order valence-corrected chi connectivity index (χ2v) is 16.7. The van der Waals surface area contributed by atoms with E-state index in [1.807, 2.05) is 0 Å². The molecule has 11 atom stereocenters. The fourth-order valence-electron chi connectivity index (χ4n) is 5.68. The number of nitrogens with two attached hydrogens (primary N) is 1. The monoisotopic (exact) mass is 953 g/mol. The highest BCUT2D eigenvalue weighted by Crippen LogP contribution is 2.12. The first-order valence-electron chi connectivity index (χ1n) is 20.5. The lowest BCUT2D eigenvalue weighted by Gasteiger charge is -2.30. The summed E-state index contributed by atoms with van der Waals surface area (Å²) in [5.41, 5.74) is 5.69. The maximum atomic E-state index is 13.7. The van der Waals surface area contributed by atoms with Crippen LogP contribution in [0.15, 0.2) is 0 Å². The van der Waals surface area contributed by atoms with Crippen molar-refractivity contribution < 1.29 is 73.5 Å². The van der Waals surface area contributed by atoms with Crippen LogP contribution in [0.1, 0.15) is 74.1 Å². The van der Waals surface area contributed by atoms with Gasteiger partial charge in [0.2, 0.25) is 47.3 Å². The van der Waals surface area contributed by atoms with Crippen LogP contribution in [-0.2, 0) is 47.9 Å². The van der Waals surface area contributed by atoms with E-state index >= 15 is 0 Å².